The molecule has 5 aliphatic rings. The van der Waals surface area contributed by atoms with Crippen LogP contribution in [-0.4, -0.2) is 29.4 Å². The monoisotopic (exact) mass is 403 g/mol. The maximum absolute atomic E-state index is 12.9. The van der Waals surface area contributed by atoms with Crippen LogP contribution in [0.3, 0.4) is 0 Å². The number of thiazole rings is 1. The van der Waals surface area contributed by atoms with Crippen molar-refractivity contribution >= 4 is 17.4 Å². The van der Waals surface area contributed by atoms with Crippen molar-refractivity contribution < 1.29 is 9.53 Å². The zero-order valence-electron chi connectivity index (χ0n) is 17.2. The first kappa shape index (κ1) is 18.9. The average molecular weight is 404 g/mol. The van der Waals surface area contributed by atoms with Gasteiger partial charge in [0.15, 0.2) is 4.80 Å². The predicted molar refractivity (Wildman–Crippen MR) is 110 cm³/mol. The highest BCUT2D eigenvalue weighted by Crippen LogP contribution is 2.53. The summed E-state index contributed by atoms with van der Waals surface area (Å²) in [6.45, 7) is 5.91. The lowest BCUT2D eigenvalue weighted by atomic mass is 9.54. The van der Waals surface area contributed by atoms with Crippen molar-refractivity contribution in [2.24, 2.45) is 28.7 Å². The highest BCUT2D eigenvalue weighted by molar-refractivity contribution is 7.09. The second kappa shape index (κ2) is 7.60. The zero-order valence-corrected chi connectivity index (χ0v) is 18.0. The van der Waals surface area contributed by atoms with Crippen LogP contribution in [-0.2, 0) is 11.3 Å². The van der Waals surface area contributed by atoms with E-state index >= 15 is 0 Å². The van der Waals surface area contributed by atoms with E-state index in [1.165, 1.54) is 49.1 Å². The summed E-state index contributed by atoms with van der Waals surface area (Å²) in [6.07, 6.45) is 10.4. The molecule has 1 saturated heterocycles. The Kier molecular flexibility index (Phi) is 5.12. The molecule has 5 fully saturated rings. The summed E-state index contributed by atoms with van der Waals surface area (Å²) in [6, 6.07) is 0.207. The summed E-state index contributed by atoms with van der Waals surface area (Å²) in [5.74, 6) is 3.22. The minimum Gasteiger partial charge on any atom is -0.376 e. The van der Waals surface area contributed by atoms with Crippen molar-refractivity contribution in [3.8, 4) is 0 Å². The van der Waals surface area contributed by atoms with Crippen molar-refractivity contribution in [1.82, 2.24) is 9.88 Å². The van der Waals surface area contributed by atoms with Gasteiger partial charge in [-0.05, 0) is 88.9 Å². The minimum atomic E-state index is -0.142. The summed E-state index contributed by atoms with van der Waals surface area (Å²) < 4.78 is 8.13. The van der Waals surface area contributed by atoms with Crippen LogP contribution >= 0.6 is 11.3 Å². The Bertz CT molecular complexity index is 777. The fourth-order valence-electron chi connectivity index (χ4n) is 6.48. The molecule has 1 unspecified atom stereocenters. The van der Waals surface area contributed by atoms with E-state index in [1.54, 1.807) is 11.3 Å². The first-order valence-corrected chi connectivity index (χ1v) is 12.0. The van der Waals surface area contributed by atoms with Gasteiger partial charge < -0.3 is 14.6 Å². The number of rotatable bonds is 3. The van der Waals surface area contributed by atoms with Crippen LogP contribution in [0.25, 0.3) is 0 Å². The first-order valence-electron chi connectivity index (χ1n) is 11.2. The molecule has 2 amide bonds. The molecule has 154 valence electrons. The van der Waals surface area contributed by atoms with Crippen molar-refractivity contribution in [3.63, 3.8) is 0 Å². The molecule has 1 atom stereocenters. The standard InChI is InChI=1S/C22H33N3O2S/c1-13-14(2)28-22(25(13)12-19-5-3-4-6-27-19)24-21(26)23-20-17-8-15-7-16(10-17)11-18(20)9-15/h15-20H,3-12H2,1-2H3,(H,23,26)/b24-22-. The van der Waals surface area contributed by atoms with E-state index in [9.17, 15) is 4.79 Å². The van der Waals surface area contributed by atoms with E-state index in [2.05, 4.69) is 28.7 Å². The number of amides is 2. The van der Waals surface area contributed by atoms with E-state index in [1.807, 2.05) is 0 Å². The van der Waals surface area contributed by atoms with Crippen LogP contribution in [0.5, 0.6) is 0 Å². The summed E-state index contributed by atoms with van der Waals surface area (Å²) in [4.78, 5) is 19.4. The van der Waals surface area contributed by atoms with E-state index < -0.39 is 0 Å². The lowest BCUT2D eigenvalue weighted by Crippen LogP contribution is -2.55. The third-order valence-electron chi connectivity index (χ3n) is 7.76. The van der Waals surface area contributed by atoms with E-state index in [0.29, 0.717) is 17.9 Å². The number of carbonyl (C=O) groups is 1. The maximum Gasteiger partial charge on any atom is 0.343 e. The molecule has 6 rings (SSSR count). The second-order valence-electron chi connectivity index (χ2n) is 9.64. The number of urea groups is 1. The molecule has 4 bridgehead atoms. The Morgan fingerprint density at radius 3 is 2.50 bits per heavy atom. The smallest absolute Gasteiger partial charge is 0.343 e. The highest BCUT2D eigenvalue weighted by atomic mass is 32.1. The van der Waals surface area contributed by atoms with Crippen LogP contribution in [0.1, 0.15) is 61.9 Å². The van der Waals surface area contributed by atoms with Gasteiger partial charge in [0.1, 0.15) is 0 Å². The van der Waals surface area contributed by atoms with Gasteiger partial charge in [0, 0.05) is 23.2 Å². The Balaban J connectivity index is 1.32. The van der Waals surface area contributed by atoms with Gasteiger partial charge in [-0.3, -0.25) is 0 Å². The molecule has 6 heteroatoms. The molecule has 0 radical (unpaired) electrons. The van der Waals surface area contributed by atoms with Crippen LogP contribution in [0.4, 0.5) is 4.79 Å². The summed E-state index contributed by atoms with van der Waals surface area (Å²) >= 11 is 1.63. The number of carbonyl (C=O) groups excluding carboxylic acids is 1. The van der Waals surface area contributed by atoms with Gasteiger partial charge in [0.05, 0.1) is 12.6 Å². The van der Waals surface area contributed by atoms with Gasteiger partial charge in [-0.15, -0.1) is 11.3 Å². The predicted octanol–water partition coefficient (Wildman–Crippen LogP) is 4.17. The number of aryl methyl sites for hydroxylation is 1. The molecule has 2 heterocycles. The van der Waals surface area contributed by atoms with Crippen LogP contribution in [0.2, 0.25) is 0 Å². The number of nitrogens with zero attached hydrogens (tertiary/aromatic N) is 2. The fourth-order valence-corrected chi connectivity index (χ4v) is 7.46. The third kappa shape index (κ3) is 3.58. The first-order chi connectivity index (χ1) is 13.6. The number of hydrogen-bond acceptors (Lipinski definition) is 3. The van der Waals surface area contributed by atoms with Gasteiger partial charge >= 0.3 is 6.03 Å². The molecule has 4 saturated carbocycles. The molecular weight excluding hydrogens is 370 g/mol. The van der Waals surface area contributed by atoms with Crippen molar-refractivity contribution in [2.45, 2.75) is 83.9 Å². The molecular formula is C22H33N3O2S. The summed E-state index contributed by atoms with van der Waals surface area (Å²) in [7, 11) is 0. The fraction of sp³-hybridized carbons (Fsp3) is 0.818. The molecule has 1 N–H and O–H groups in total. The third-order valence-corrected chi connectivity index (χ3v) is 8.86. The largest absolute Gasteiger partial charge is 0.376 e. The van der Waals surface area contributed by atoms with Crippen LogP contribution < -0.4 is 10.1 Å². The Morgan fingerprint density at radius 1 is 1.14 bits per heavy atom. The molecule has 28 heavy (non-hydrogen) atoms. The average Bonchev–Trinajstić information content (AvgIpc) is 2.92. The van der Waals surface area contributed by atoms with Crippen LogP contribution in [0, 0.1) is 37.5 Å². The number of ether oxygens (including phenoxy) is 1. The normalized spacial score (nSPS) is 37.4. The van der Waals surface area contributed by atoms with Gasteiger partial charge in [-0.1, -0.05) is 0 Å². The number of hydrogen-bond donors (Lipinski definition) is 1. The molecule has 1 aromatic heterocycles. The SMILES string of the molecule is Cc1s/c(=N\C(=O)NC2C3CC4CC(C3)CC2C4)n(CC2CCCCO2)c1C. The molecule has 0 aromatic carbocycles. The lowest BCUT2D eigenvalue weighted by Gasteiger charge is -2.54. The highest BCUT2D eigenvalue weighted by Gasteiger charge is 2.48. The molecule has 4 aliphatic carbocycles. The lowest BCUT2D eigenvalue weighted by molar-refractivity contribution is -0.00906. The Hall–Kier alpha value is -1.14. The molecule has 0 spiro atoms. The zero-order chi connectivity index (χ0) is 19.3. The number of nitrogens with one attached hydrogen (secondary N) is 1. The quantitative estimate of drug-likeness (QED) is 0.823. The minimum absolute atomic E-state index is 0.142. The van der Waals surface area contributed by atoms with Crippen molar-refractivity contribution in [2.75, 3.05) is 6.61 Å². The summed E-state index contributed by atoms with van der Waals surface area (Å²) in [5, 5.41) is 3.33. The second-order valence-corrected chi connectivity index (χ2v) is 10.8. The van der Waals surface area contributed by atoms with Gasteiger partial charge in [0.25, 0.3) is 0 Å². The molecule has 5 nitrogen and oxygen atoms in total. The molecule has 1 aromatic rings. The van der Waals surface area contributed by atoms with E-state index in [-0.39, 0.29) is 12.1 Å². The van der Waals surface area contributed by atoms with Gasteiger partial charge in [-0.2, -0.15) is 4.99 Å². The number of aromatic nitrogens is 1. The van der Waals surface area contributed by atoms with E-state index in [0.717, 1.165) is 42.6 Å². The van der Waals surface area contributed by atoms with Crippen LogP contribution in [0.15, 0.2) is 4.99 Å². The Labute approximate surface area is 171 Å². The topological polar surface area (TPSA) is 55.6 Å². The Morgan fingerprint density at radius 2 is 1.86 bits per heavy atom. The van der Waals surface area contributed by atoms with E-state index in [4.69, 9.17) is 4.74 Å². The molecule has 1 aliphatic heterocycles. The summed E-state index contributed by atoms with van der Waals surface area (Å²) in [5.41, 5.74) is 1.21. The van der Waals surface area contributed by atoms with Crippen molar-refractivity contribution in [3.05, 3.63) is 15.4 Å². The van der Waals surface area contributed by atoms with Crippen molar-refractivity contribution in [1.29, 1.82) is 0 Å². The van der Waals surface area contributed by atoms with Gasteiger partial charge in [-0.25, -0.2) is 4.79 Å². The maximum atomic E-state index is 12.9. The van der Waals surface area contributed by atoms with Gasteiger partial charge in [0.2, 0.25) is 0 Å².